The van der Waals surface area contributed by atoms with Crippen molar-refractivity contribution in [3.63, 3.8) is 0 Å². The third-order valence-electron chi connectivity index (χ3n) is 0.976. The van der Waals surface area contributed by atoms with Crippen molar-refractivity contribution in [2.45, 2.75) is 19.4 Å². The largest absolute Gasteiger partial charge is 0.382 e. The second-order valence-electron chi connectivity index (χ2n) is 1.62. The van der Waals surface area contributed by atoms with E-state index < -0.39 is 0 Å². The van der Waals surface area contributed by atoms with E-state index in [0.717, 1.165) is 13.0 Å². The maximum Gasteiger partial charge on any atom is 0.0555 e. The van der Waals surface area contributed by atoms with Crippen LogP contribution in [-0.2, 0) is 4.74 Å². The molecule has 0 fully saturated rings. The number of hydrogen-bond acceptors (Lipinski definition) is 2. The average Bonchev–Trinajstić information content (AvgIpc) is 1.68. The maximum atomic E-state index is 5.22. The summed E-state index contributed by atoms with van der Waals surface area (Å²) in [6, 6.07) is 0. The van der Waals surface area contributed by atoms with Crippen LogP contribution in [0.15, 0.2) is 0 Å². The molecule has 8 heavy (non-hydrogen) atoms. The third kappa shape index (κ3) is 6.21. The predicted molar refractivity (Wildman–Crippen MR) is 37.4 cm³/mol. The molecular weight excluding hydrogens is 126 g/mol. The molecule has 0 saturated carbocycles. The van der Waals surface area contributed by atoms with E-state index in [-0.39, 0.29) is 12.4 Å². The molecule has 0 radical (unpaired) electrons. The Morgan fingerprint density at radius 2 is 2.12 bits per heavy atom. The second kappa shape index (κ2) is 7.21. The van der Waals surface area contributed by atoms with E-state index in [1.54, 1.807) is 7.11 Å². The van der Waals surface area contributed by atoms with Gasteiger partial charge >= 0.3 is 0 Å². The third-order valence-corrected chi connectivity index (χ3v) is 0.976. The van der Waals surface area contributed by atoms with Crippen LogP contribution in [0.25, 0.3) is 0 Å². The van der Waals surface area contributed by atoms with Crippen LogP contribution in [-0.4, -0.2) is 19.8 Å². The first-order chi connectivity index (χ1) is 3.31. The quantitative estimate of drug-likeness (QED) is 0.628. The number of nitrogens with two attached hydrogens (primary N) is 1. The molecule has 52 valence electrons. The maximum absolute atomic E-state index is 5.22. The molecule has 0 amide bonds. The van der Waals surface area contributed by atoms with Crippen LogP contribution in [0.3, 0.4) is 0 Å². The van der Waals surface area contributed by atoms with Gasteiger partial charge in [0, 0.05) is 7.11 Å². The van der Waals surface area contributed by atoms with Crippen LogP contribution < -0.4 is 5.73 Å². The van der Waals surface area contributed by atoms with Gasteiger partial charge in [0.1, 0.15) is 0 Å². The van der Waals surface area contributed by atoms with Gasteiger partial charge < -0.3 is 10.5 Å². The van der Waals surface area contributed by atoms with Crippen molar-refractivity contribution >= 4 is 12.4 Å². The number of hydrogen-bond donors (Lipinski definition) is 1. The fourth-order valence-electron chi connectivity index (χ4n) is 0.353. The van der Waals surface area contributed by atoms with Crippen LogP contribution in [0, 0.1) is 0 Å². The van der Waals surface area contributed by atoms with Crippen LogP contribution in [0.2, 0.25) is 0 Å². The molecule has 0 saturated heterocycles. The van der Waals surface area contributed by atoms with Gasteiger partial charge in [0.15, 0.2) is 0 Å². The van der Waals surface area contributed by atoms with Crippen molar-refractivity contribution in [1.82, 2.24) is 0 Å². The van der Waals surface area contributed by atoms with E-state index in [9.17, 15) is 0 Å². The summed E-state index contributed by atoms with van der Waals surface area (Å²) in [5, 5.41) is 0. The zero-order valence-corrected chi connectivity index (χ0v) is 6.20. The molecule has 3 heteroatoms. The minimum atomic E-state index is 0. The molecule has 2 nitrogen and oxygen atoms in total. The average molecular weight is 140 g/mol. The normalized spacial score (nSPS) is 12.4. The van der Waals surface area contributed by atoms with Gasteiger partial charge in [-0.3, -0.25) is 0 Å². The van der Waals surface area contributed by atoms with E-state index in [0.29, 0.717) is 6.10 Å². The van der Waals surface area contributed by atoms with Gasteiger partial charge in [-0.1, -0.05) is 0 Å². The lowest BCUT2D eigenvalue weighted by atomic mass is 10.3. The lowest BCUT2D eigenvalue weighted by Gasteiger charge is -2.04. The van der Waals surface area contributed by atoms with Crippen molar-refractivity contribution in [1.29, 1.82) is 0 Å². The fraction of sp³-hybridized carbons (Fsp3) is 1.00. The van der Waals surface area contributed by atoms with Gasteiger partial charge in [-0.2, -0.15) is 0 Å². The Bertz CT molecular complexity index is 43.4. The highest BCUT2D eigenvalue weighted by Gasteiger charge is 1.92. The van der Waals surface area contributed by atoms with Gasteiger partial charge in [0.25, 0.3) is 0 Å². The van der Waals surface area contributed by atoms with Crippen LogP contribution in [0.4, 0.5) is 0 Å². The molecule has 0 aliphatic rings. The molecular formula is C5H14ClNO. The van der Waals surface area contributed by atoms with Gasteiger partial charge in [-0.05, 0) is 19.9 Å². The highest BCUT2D eigenvalue weighted by atomic mass is 35.5. The molecule has 0 bridgehead atoms. The molecule has 2 N–H and O–H groups in total. The topological polar surface area (TPSA) is 35.2 Å². The van der Waals surface area contributed by atoms with Crippen LogP contribution in [0.5, 0.6) is 0 Å². The SMILES string of the molecule is CO[C@H](C)CCN.Cl. The Kier molecular flexibility index (Phi) is 9.97. The summed E-state index contributed by atoms with van der Waals surface area (Å²) in [6.07, 6.45) is 1.28. The molecule has 0 spiro atoms. The molecule has 0 heterocycles. The summed E-state index contributed by atoms with van der Waals surface area (Å²) in [5.74, 6) is 0. The highest BCUT2D eigenvalue weighted by Crippen LogP contribution is 1.89. The molecule has 0 aliphatic carbocycles. The standard InChI is InChI=1S/C5H13NO.ClH/c1-5(7-2)3-4-6;/h5H,3-4,6H2,1-2H3;1H/t5-;/m1./s1. The first-order valence-corrected chi connectivity index (χ1v) is 2.54. The van der Waals surface area contributed by atoms with Gasteiger partial charge in [-0.15, -0.1) is 12.4 Å². The molecule has 0 aliphatic heterocycles. The Hall–Kier alpha value is 0.210. The smallest absolute Gasteiger partial charge is 0.0555 e. The van der Waals surface area contributed by atoms with Crippen LogP contribution in [0.1, 0.15) is 13.3 Å². The van der Waals surface area contributed by atoms with Gasteiger partial charge in [0.05, 0.1) is 6.10 Å². The zero-order chi connectivity index (χ0) is 5.70. The summed E-state index contributed by atoms with van der Waals surface area (Å²) >= 11 is 0. The van der Waals surface area contributed by atoms with Crippen molar-refractivity contribution in [2.75, 3.05) is 13.7 Å². The number of ether oxygens (including phenoxy) is 1. The van der Waals surface area contributed by atoms with Crippen molar-refractivity contribution in [2.24, 2.45) is 5.73 Å². The first-order valence-electron chi connectivity index (χ1n) is 2.54. The van der Waals surface area contributed by atoms with E-state index in [2.05, 4.69) is 0 Å². The number of halogens is 1. The van der Waals surface area contributed by atoms with E-state index in [1.165, 1.54) is 0 Å². The van der Waals surface area contributed by atoms with E-state index in [1.807, 2.05) is 6.92 Å². The van der Waals surface area contributed by atoms with Gasteiger partial charge in [0.2, 0.25) is 0 Å². The summed E-state index contributed by atoms with van der Waals surface area (Å²) < 4.78 is 4.91. The summed E-state index contributed by atoms with van der Waals surface area (Å²) in [6.45, 7) is 2.72. The molecule has 0 aromatic rings. The second-order valence-corrected chi connectivity index (χ2v) is 1.62. The minimum absolute atomic E-state index is 0. The molecule has 0 aromatic carbocycles. The van der Waals surface area contributed by atoms with Crippen molar-refractivity contribution < 1.29 is 4.74 Å². The van der Waals surface area contributed by atoms with Crippen molar-refractivity contribution in [3.05, 3.63) is 0 Å². The Morgan fingerprint density at radius 3 is 2.25 bits per heavy atom. The molecule has 1 atom stereocenters. The number of methoxy groups -OCH3 is 1. The molecule has 0 rings (SSSR count). The molecule has 0 aromatic heterocycles. The van der Waals surface area contributed by atoms with E-state index >= 15 is 0 Å². The lowest BCUT2D eigenvalue weighted by molar-refractivity contribution is 0.113. The summed E-state index contributed by atoms with van der Waals surface area (Å²) in [7, 11) is 1.69. The monoisotopic (exact) mass is 139 g/mol. The van der Waals surface area contributed by atoms with Gasteiger partial charge in [-0.25, -0.2) is 0 Å². The summed E-state index contributed by atoms with van der Waals surface area (Å²) in [5.41, 5.74) is 5.22. The predicted octanol–water partition coefficient (Wildman–Crippen LogP) is 0.792. The summed E-state index contributed by atoms with van der Waals surface area (Å²) in [4.78, 5) is 0. The Balaban J connectivity index is 0. The fourth-order valence-corrected chi connectivity index (χ4v) is 0.353. The highest BCUT2D eigenvalue weighted by molar-refractivity contribution is 5.85. The minimum Gasteiger partial charge on any atom is -0.382 e. The lowest BCUT2D eigenvalue weighted by Crippen LogP contribution is -2.11. The molecule has 0 unspecified atom stereocenters. The first kappa shape index (κ1) is 11.1. The van der Waals surface area contributed by atoms with Crippen LogP contribution >= 0.6 is 12.4 Å². The zero-order valence-electron chi connectivity index (χ0n) is 5.39. The Morgan fingerprint density at radius 1 is 1.62 bits per heavy atom. The number of rotatable bonds is 3. The van der Waals surface area contributed by atoms with Crippen molar-refractivity contribution in [3.8, 4) is 0 Å². The van der Waals surface area contributed by atoms with E-state index in [4.69, 9.17) is 10.5 Å². The Labute approximate surface area is 56.8 Å².